The largest absolute Gasteiger partial charge is 0.492 e. The van der Waals surface area contributed by atoms with Gasteiger partial charge < -0.3 is 10.5 Å². The summed E-state index contributed by atoms with van der Waals surface area (Å²) < 4.78 is 6.69. The number of ether oxygens (including phenoxy) is 1. The Kier molecular flexibility index (Phi) is 5.22. The summed E-state index contributed by atoms with van der Waals surface area (Å²) in [5, 5.41) is 0. The Hall–Kier alpha value is -1.07. The highest BCUT2D eigenvalue weighted by Gasteiger charge is 2.26. The number of carbonyl (C=O) groups is 1. The molecular formula is C14H19BrN2O2. The Bertz CT molecular complexity index is 439. The van der Waals surface area contributed by atoms with E-state index >= 15 is 0 Å². The van der Waals surface area contributed by atoms with Gasteiger partial charge in [0.05, 0.1) is 6.04 Å². The van der Waals surface area contributed by atoms with E-state index in [9.17, 15) is 4.79 Å². The molecule has 0 aliphatic carbocycles. The summed E-state index contributed by atoms with van der Waals surface area (Å²) in [6.45, 7) is 2.23. The maximum absolute atomic E-state index is 11.4. The minimum Gasteiger partial charge on any atom is -0.492 e. The first-order valence-electron chi connectivity index (χ1n) is 6.58. The molecule has 0 spiro atoms. The van der Waals surface area contributed by atoms with Gasteiger partial charge in [0.1, 0.15) is 12.4 Å². The lowest BCUT2D eigenvalue weighted by molar-refractivity contribution is -0.124. The van der Waals surface area contributed by atoms with E-state index in [1.807, 2.05) is 24.3 Å². The Morgan fingerprint density at radius 2 is 2.32 bits per heavy atom. The summed E-state index contributed by atoms with van der Waals surface area (Å²) in [6, 6.07) is 7.63. The number of halogens is 1. The molecule has 104 valence electrons. The fraction of sp³-hybridized carbons (Fsp3) is 0.500. The van der Waals surface area contributed by atoms with Gasteiger partial charge in [-0.25, -0.2) is 0 Å². The molecule has 1 heterocycles. The monoisotopic (exact) mass is 326 g/mol. The molecule has 1 aliphatic heterocycles. The van der Waals surface area contributed by atoms with Gasteiger partial charge in [-0.1, -0.05) is 28.4 Å². The van der Waals surface area contributed by atoms with Crippen LogP contribution in [0.3, 0.4) is 0 Å². The van der Waals surface area contributed by atoms with Crippen LogP contribution in [-0.2, 0) is 4.79 Å². The molecule has 0 saturated carbocycles. The maximum Gasteiger partial charge on any atom is 0.234 e. The van der Waals surface area contributed by atoms with Crippen molar-refractivity contribution in [3.8, 4) is 5.75 Å². The number of nitrogens with two attached hydrogens (primary N) is 1. The highest BCUT2D eigenvalue weighted by atomic mass is 79.9. The second-order valence-electron chi connectivity index (χ2n) is 4.76. The quantitative estimate of drug-likeness (QED) is 0.902. The van der Waals surface area contributed by atoms with E-state index in [0.717, 1.165) is 42.6 Å². The highest BCUT2D eigenvalue weighted by Crippen LogP contribution is 2.19. The highest BCUT2D eigenvalue weighted by molar-refractivity contribution is 9.10. The molecule has 2 N–H and O–H groups in total. The van der Waals surface area contributed by atoms with Gasteiger partial charge in [-0.3, -0.25) is 9.69 Å². The molecule has 19 heavy (non-hydrogen) atoms. The zero-order valence-electron chi connectivity index (χ0n) is 10.8. The number of primary amides is 1. The summed E-state index contributed by atoms with van der Waals surface area (Å²) in [4.78, 5) is 13.5. The van der Waals surface area contributed by atoms with Crippen molar-refractivity contribution in [1.82, 2.24) is 4.90 Å². The lowest BCUT2D eigenvalue weighted by Crippen LogP contribution is -2.48. The first-order valence-corrected chi connectivity index (χ1v) is 7.38. The molecule has 1 unspecified atom stereocenters. The van der Waals surface area contributed by atoms with Crippen molar-refractivity contribution in [1.29, 1.82) is 0 Å². The standard InChI is InChI=1S/C14H19BrN2O2/c15-11-4-3-5-12(10-11)19-9-8-17-7-2-1-6-13(17)14(16)18/h3-5,10,13H,1-2,6-9H2,(H2,16,18). The zero-order chi connectivity index (χ0) is 13.7. The molecule has 1 aliphatic rings. The Morgan fingerprint density at radius 3 is 3.05 bits per heavy atom. The summed E-state index contributed by atoms with van der Waals surface area (Å²) >= 11 is 3.41. The van der Waals surface area contributed by atoms with Crippen LogP contribution < -0.4 is 10.5 Å². The number of amides is 1. The molecule has 5 heteroatoms. The van der Waals surface area contributed by atoms with Crippen LogP contribution >= 0.6 is 15.9 Å². The summed E-state index contributed by atoms with van der Waals surface area (Å²) in [6.07, 6.45) is 3.07. The molecule has 1 saturated heterocycles. The van der Waals surface area contributed by atoms with Crippen LogP contribution in [0.5, 0.6) is 5.75 Å². The van der Waals surface area contributed by atoms with Crippen LogP contribution in [0.1, 0.15) is 19.3 Å². The molecule has 4 nitrogen and oxygen atoms in total. The minimum absolute atomic E-state index is 0.125. The number of hydrogen-bond donors (Lipinski definition) is 1. The van der Waals surface area contributed by atoms with Gasteiger partial charge in [-0.05, 0) is 37.6 Å². The van der Waals surface area contributed by atoms with E-state index in [1.54, 1.807) is 0 Å². The third-order valence-electron chi connectivity index (χ3n) is 3.39. The van der Waals surface area contributed by atoms with Crippen molar-refractivity contribution in [2.24, 2.45) is 5.73 Å². The van der Waals surface area contributed by atoms with E-state index in [0.29, 0.717) is 6.61 Å². The summed E-state index contributed by atoms with van der Waals surface area (Å²) in [7, 11) is 0. The first kappa shape index (κ1) is 14.3. The lowest BCUT2D eigenvalue weighted by Gasteiger charge is -2.33. The number of hydrogen-bond acceptors (Lipinski definition) is 3. The molecule has 2 rings (SSSR count). The van der Waals surface area contributed by atoms with E-state index in [2.05, 4.69) is 20.8 Å². The number of rotatable bonds is 5. The lowest BCUT2D eigenvalue weighted by atomic mass is 10.0. The van der Waals surface area contributed by atoms with Gasteiger partial charge in [-0.15, -0.1) is 0 Å². The Morgan fingerprint density at radius 1 is 1.47 bits per heavy atom. The average molecular weight is 327 g/mol. The molecule has 1 amide bonds. The normalized spacial score (nSPS) is 20.2. The molecule has 1 atom stereocenters. The van der Waals surface area contributed by atoms with Crippen molar-refractivity contribution in [3.63, 3.8) is 0 Å². The van der Waals surface area contributed by atoms with Crippen molar-refractivity contribution in [2.75, 3.05) is 19.7 Å². The van der Waals surface area contributed by atoms with Crippen molar-refractivity contribution in [3.05, 3.63) is 28.7 Å². The van der Waals surface area contributed by atoms with E-state index in [-0.39, 0.29) is 11.9 Å². The minimum atomic E-state index is -0.220. The number of likely N-dealkylation sites (tertiary alicyclic amines) is 1. The fourth-order valence-corrected chi connectivity index (χ4v) is 2.80. The SMILES string of the molecule is NC(=O)C1CCCCN1CCOc1cccc(Br)c1. The second kappa shape index (κ2) is 6.91. The van der Waals surface area contributed by atoms with Crippen LogP contribution in [0.2, 0.25) is 0 Å². The fourth-order valence-electron chi connectivity index (χ4n) is 2.42. The molecule has 0 aromatic heterocycles. The van der Waals surface area contributed by atoms with Gasteiger partial charge >= 0.3 is 0 Å². The van der Waals surface area contributed by atoms with Crippen LogP contribution in [0.25, 0.3) is 0 Å². The van der Waals surface area contributed by atoms with Crippen molar-refractivity contribution < 1.29 is 9.53 Å². The third kappa shape index (κ3) is 4.21. The Balaban J connectivity index is 1.82. The van der Waals surface area contributed by atoms with E-state index in [4.69, 9.17) is 10.5 Å². The van der Waals surface area contributed by atoms with Gasteiger partial charge in [0.2, 0.25) is 5.91 Å². The topological polar surface area (TPSA) is 55.6 Å². The van der Waals surface area contributed by atoms with Gasteiger partial charge in [0.15, 0.2) is 0 Å². The second-order valence-corrected chi connectivity index (χ2v) is 5.67. The number of nitrogens with zero attached hydrogens (tertiary/aromatic N) is 1. The molecule has 1 aromatic rings. The molecule has 0 bridgehead atoms. The predicted molar refractivity (Wildman–Crippen MR) is 78.0 cm³/mol. The number of benzene rings is 1. The molecule has 1 aromatic carbocycles. The van der Waals surface area contributed by atoms with Gasteiger partial charge in [0, 0.05) is 11.0 Å². The third-order valence-corrected chi connectivity index (χ3v) is 3.88. The first-order chi connectivity index (χ1) is 9.16. The Labute approximate surface area is 122 Å². The molecule has 0 radical (unpaired) electrons. The molecular weight excluding hydrogens is 308 g/mol. The van der Waals surface area contributed by atoms with Crippen molar-refractivity contribution >= 4 is 21.8 Å². The number of piperidine rings is 1. The maximum atomic E-state index is 11.4. The van der Waals surface area contributed by atoms with E-state index < -0.39 is 0 Å². The van der Waals surface area contributed by atoms with Crippen LogP contribution in [0.4, 0.5) is 0 Å². The van der Waals surface area contributed by atoms with Crippen LogP contribution in [-0.4, -0.2) is 36.5 Å². The zero-order valence-corrected chi connectivity index (χ0v) is 12.4. The average Bonchev–Trinajstić information content (AvgIpc) is 2.39. The van der Waals surface area contributed by atoms with Crippen molar-refractivity contribution in [2.45, 2.75) is 25.3 Å². The van der Waals surface area contributed by atoms with Gasteiger partial charge in [-0.2, -0.15) is 0 Å². The number of carbonyl (C=O) groups excluding carboxylic acids is 1. The summed E-state index contributed by atoms with van der Waals surface area (Å²) in [5.41, 5.74) is 5.43. The van der Waals surface area contributed by atoms with Crippen LogP contribution in [0, 0.1) is 0 Å². The van der Waals surface area contributed by atoms with E-state index in [1.165, 1.54) is 0 Å². The smallest absolute Gasteiger partial charge is 0.234 e. The molecule has 1 fully saturated rings. The summed E-state index contributed by atoms with van der Waals surface area (Å²) in [5.74, 6) is 0.615. The predicted octanol–water partition coefficient (Wildman–Crippen LogP) is 2.17. The van der Waals surface area contributed by atoms with Crippen LogP contribution in [0.15, 0.2) is 28.7 Å². The van der Waals surface area contributed by atoms with Gasteiger partial charge in [0.25, 0.3) is 0 Å².